The Labute approximate surface area is 282 Å². The van der Waals surface area contributed by atoms with Crippen molar-refractivity contribution >= 4 is 45.1 Å². The molecule has 3 aromatic heterocycles. The van der Waals surface area contributed by atoms with E-state index < -0.39 is 0 Å². The van der Waals surface area contributed by atoms with E-state index in [2.05, 4.69) is 85.0 Å². The largest absolute Gasteiger partial charge is 0.460 e. The lowest BCUT2D eigenvalue weighted by Crippen LogP contribution is -2.00. The van der Waals surface area contributed by atoms with Gasteiger partial charge in [-0.1, -0.05) is 97.1 Å². The zero-order chi connectivity index (χ0) is 32.1. The maximum Gasteiger partial charge on any atom is 0.164 e. The fourth-order valence-electron chi connectivity index (χ4n) is 7.97. The molecule has 0 saturated heterocycles. The summed E-state index contributed by atoms with van der Waals surface area (Å²) < 4.78 is 13.1. The molecule has 232 valence electrons. The van der Waals surface area contributed by atoms with E-state index in [-0.39, 0.29) is 0 Å². The molecule has 5 nitrogen and oxygen atoms in total. The van der Waals surface area contributed by atoms with Crippen LogP contribution in [0.3, 0.4) is 0 Å². The van der Waals surface area contributed by atoms with Gasteiger partial charge in [-0.25, -0.2) is 15.0 Å². The molecule has 3 aliphatic carbocycles. The molecule has 8 aromatic rings. The van der Waals surface area contributed by atoms with Crippen molar-refractivity contribution < 1.29 is 8.83 Å². The molecule has 3 heterocycles. The first-order chi connectivity index (χ1) is 24.3. The smallest absolute Gasteiger partial charge is 0.164 e. The highest BCUT2D eigenvalue weighted by Crippen LogP contribution is 2.55. The summed E-state index contributed by atoms with van der Waals surface area (Å²) in [6.07, 6.45) is 12.2. The second-order valence-corrected chi connectivity index (χ2v) is 13.4. The van der Waals surface area contributed by atoms with Gasteiger partial charge in [0, 0.05) is 49.9 Å². The van der Waals surface area contributed by atoms with Crippen LogP contribution in [-0.4, -0.2) is 15.0 Å². The summed E-state index contributed by atoms with van der Waals surface area (Å²) in [5.41, 5.74) is 11.6. The van der Waals surface area contributed by atoms with Gasteiger partial charge < -0.3 is 8.83 Å². The molecule has 0 aliphatic heterocycles. The Morgan fingerprint density at radius 1 is 0.592 bits per heavy atom. The Hall–Kier alpha value is -6.07. The average Bonchev–Trinajstić information content (AvgIpc) is 3.73. The lowest BCUT2D eigenvalue weighted by molar-refractivity contribution is 0.545. The first-order valence-electron chi connectivity index (χ1n) is 17.1. The van der Waals surface area contributed by atoms with Crippen LogP contribution in [0.1, 0.15) is 41.2 Å². The van der Waals surface area contributed by atoms with Crippen molar-refractivity contribution in [2.45, 2.75) is 25.2 Å². The van der Waals surface area contributed by atoms with Crippen LogP contribution in [0, 0.1) is 5.92 Å². The molecule has 0 radical (unpaired) electrons. The summed E-state index contributed by atoms with van der Waals surface area (Å²) in [5.74, 6) is 4.12. The molecule has 5 aromatic carbocycles. The van der Waals surface area contributed by atoms with Crippen molar-refractivity contribution in [3.8, 4) is 45.3 Å². The zero-order valence-corrected chi connectivity index (χ0v) is 26.6. The molecule has 2 atom stereocenters. The van der Waals surface area contributed by atoms with Gasteiger partial charge in [-0.3, -0.25) is 0 Å². The van der Waals surface area contributed by atoms with Gasteiger partial charge in [0.2, 0.25) is 0 Å². The molecule has 5 heteroatoms. The van der Waals surface area contributed by atoms with Gasteiger partial charge in [0.25, 0.3) is 0 Å². The summed E-state index contributed by atoms with van der Waals surface area (Å²) >= 11 is 0. The summed E-state index contributed by atoms with van der Waals surface area (Å²) in [5, 5.41) is 3.18. The van der Waals surface area contributed by atoms with E-state index in [0.717, 1.165) is 73.8 Å². The normalized spacial score (nSPS) is 17.4. The first kappa shape index (κ1) is 26.9. The molecule has 0 amide bonds. The van der Waals surface area contributed by atoms with Crippen molar-refractivity contribution in [1.29, 1.82) is 0 Å². The van der Waals surface area contributed by atoms with Crippen LogP contribution in [0.4, 0.5) is 0 Å². The number of rotatable bonds is 4. The minimum atomic E-state index is 0.512. The minimum Gasteiger partial charge on any atom is -0.460 e. The summed E-state index contributed by atoms with van der Waals surface area (Å²) in [6.45, 7) is 0. The molecule has 1 saturated carbocycles. The molecular weight excluding hydrogens is 603 g/mol. The van der Waals surface area contributed by atoms with E-state index in [9.17, 15) is 0 Å². The van der Waals surface area contributed by atoms with E-state index >= 15 is 0 Å². The van der Waals surface area contributed by atoms with Crippen molar-refractivity contribution in [2.75, 3.05) is 0 Å². The Morgan fingerprint density at radius 3 is 2.24 bits per heavy atom. The topological polar surface area (TPSA) is 65.0 Å². The van der Waals surface area contributed by atoms with Crippen LogP contribution in [0.2, 0.25) is 0 Å². The second kappa shape index (κ2) is 10.2. The van der Waals surface area contributed by atoms with E-state index in [1.807, 2.05) is 42.5 Å². The number of furan rings is 2. The lowest BCUT2D eigenvalue weighted by atomic mass is 9.87. The van der Waals surface area contributed by atoms with E-state index in [1.165, 1.54) is 28.7 Å². The van der Waals surface area contributed by atoms with Gasteiger partial charge in [-0.05, 0) is 72.2 Å². The molecule has 11 rings (SSSR count). The van der Waals surface area contributed by atoms with Gasteiger partial charge in [-0.2, -0.15) is 0 Å². The number of hydrogen-bond acceptors (Lipinski definition) is 5. The second-order valence-electron chi connectivity index (χ2n) is 13.4. The van der Waals surface area contributed by atoms with E-state index in [1.54, 1.807) is 0 Å². The van der Waals surface area contributed by atoms with Gasteiger partial charge in [0.05, 0.1) is 0 Å². The van der Waals surface area contributed by atoms with Crippen molar-refractivity contribution in [3.63, 3.8) is 0 Å². The first-order valence-corrected chi connectivity index (χ1v) is 17.1. The summed E-state index contributed by atoms with van der Waals surface area (Å²) in [4.78, 5) is 15.4. The van der Waals surface area contributed by atoms with Gasteiger partial charge in [-0.15, -0.1) is 0 Å². The molecule has 0 N–H and O–H groups in total. The molecule has 49 heavy (non-hydrogen) atoms. The Morgan fingerprint density at radius 2 is 1.39 bits per heavy atom. The molecule has 2 unspecified atom stereocenters. The highest BCUT2D eigenvalue weighted by molar-refractivity contribution is 6.15. The number of fused-ring (bicyclic) bond motifs is 10. The fourth-order valence-corrected chi connectivity index (χ4v) is 7.97. The van der Waals surface area contributed by atoms with Crippen LogP contribution in [-0.2, 0) is 6.42 Å². The average molecular weight is 632 g/mol. The predicted octanol–water partition coefficient (Wildman–Crippen LogP) is 11.3. The number of benzene rings is 5. The summed E-state index contributed by atoms with van der Waals surface area (Å²) in [7, 11) is 0. The lowest BCUT2D eigenvalue weighted by Gasteiger charge is -2.16. The fraction of sp³-hybridized carbons (Fsp3) is 0.114. The van der Waals surface area contributed by atoms with Gasteiger partial charge in [0.15, 0.2) is 17.5 Å². The van der Waals surface area contributed by atoms with Gasteiger partial charge in [0.1, 0.15) is 22.5 Å². The van der Waals surface area contributed by atoms with E-state index in [0.29, 0.717) is 29.3 Å². The van der Waals surface area contributed by atoms with E-state index in [4.69, 9.17) is 23.8 Å². The molecular formula is C44H29N3O2. The van der Waals surface area contributed by atoms with Crippen molar-refractivity contribution in [2.24, 2.45) is 5.92 Å². The zero-order valence-electron chi connectivity index (χ0n) is 26.6. The Bertz CT molecular complexity index is 2700. The quantitative estimate of drug-likeness (QED) is 0.193. The molecule has 0 bridgehead atoms. The van der Waals surface area contributed by atoms with Gasteiger partial charge >= 0.3 is 0 Å². The molecule has 0 spiro atoms. The van der Waals surface area contributed by atoms with Crippen molar-refractivity contribution in [3.05, 3.63) is 138 Å². The third-order valence-corrected chi connectivity index (χ3v) is 10.5. The van der Waals surface area contributed by atoms with Crippen LogP contribution in [0.15, 0.2) is 124 Å². The maximum atomic E-state index is 6.70. The SMILES string of the molecule is C1=Cc2c(c(-c3ccccc3)cc3c2oc2cccc(-c4nc(-c5ccccc5)nc(-c5ccc6oc7c(c6c5)C=CC5CC75)n4)c23)CC1. The Kier molecular flexibility index (Phi) is 5.62. The summed E-state index contributed by atoms with van der Waals surface area (Å²) in [6, 6.07) is 35.6. The molecule has 3 aliphatic rings. The number of aromatic nitrogens is 3. The van der Waals surface area contributed by atoms with Crippen LogP contribution in [0.5, 0.6) is 0 Å². The monoisotopic (exact) mass is 631 g/mol. The number of nitrogens with zero attached hydrogens (tertiary/aromatic N) is 3. The Balaban J connectivity index is 1.16. The van der Waals surface area contributed by atoms with Crippen LogP contribution in [0.25, 0.3) is 90.4 Å². The highest BCUT2D eigenvalue weighted by atomic mass is 16.3. The third kappa shape index (κ3) is 4.15. The predicted molar refractivity (Wildman–Crippen MR) is 196 cm³/mol. The number of allylic oxidation sites excluding steroid dienone is 2. The molecule has 1 fully saturated rings. The van der Waals surface area contributed by atoms with Crippen LogP contribution >= 0.6 is 0 Å². The third-order valence-electron chi connectivity index (χ3n) is 10.5. The minimum absolute atomic E-state index is 0.512. The van der Waals surface area contributed by atoms with Crippen LogP contribution < -0.4 is 0 Å². The standard InChI is InChI=1S/C44H29N3O2/c1-3-10-25(11-4-1)33-24-36-39-32(16-9-17-38(39)49-41(36)30-15-8-7-14-29(30)33)44-46-42(26-12-5-2-6-13-26)45-43(47-44)28-19-21-37-35(23-28)31-20-18-27-22-34(27)40(31)48-37/h1-6,8-13,15-21,23-24,27,34H,7,14,22H2. The number of hydrogen-bond donors (Lipinski definition) is 0. The highest BCUT2D eigenvalue weighted by Gasteiger charge is 2.43. The van der Waals surface area contributed by atoms with Crippen molar-refractivity contribution in [1.82, 2.24) is 15.0 Å². The maximum absolute atomic E-state index is 6.70.